The maximum absolute atomic E-state index is 13.6. The van der Waals surface area contributed by atoms with E-state index in [-0.39, 0.29) is 18.3 Å². The van der Waals surface area contributed by atoms with E-state index in [4.69, 9.17) is 9.47 Å². The standard InChI is InChI=1S/C19H17FN4O3/c1-26-17-11-14(5-6-15(17)20)23-8-9-24-16(19(23)25)10-13(22-24)12-27-18-4-2-3-7-21-18/h2-7,10-11H,8-9,12H2,1H3. The highest BCUT2D eigenvalue weighted by Crippen LogP contribution is 2.27. The van der Waals surface area contributed by atoms with E-state index in [1.54, 1.807) is 40.0 Å². The Morgan fingerprint density at radius 3 is 2.85 bits per heavy atom. The molecule has 3 heterocycles. The number of anilines is 1. The van der Waals surface area contributed by atoms with Crippen molar-refractivity contribution < 1.29 is 18.7 Å². The summed E-state index contributed by atoms with van der Waals surface area (Å²) in [7, 11) is 1.39. The Bertz CT molecular complexity index is 974. The number of aromatic nitrogens is 3. The highest BCUT2D eigenvalue weighted by Gasteiger charge is 2.28. The van der Waals surface area contributed by atoms with E-state index in [0.717, 1.165) is 0 Å². The Balaban J connectivity index is 1.53. The summed E-state index contributed by atoms with van der Waals surface area (Å²) >= 11 is 0. The van der Waals surface area contributed by atoms with Crippen molar-refractivity contribution in [3.63, 3.8) is 0 Å². The molecule has 0 N–H and O–H groups in total. The Labute approximate surface area is 155 Å². The first-order chi connectivity index (χ1) is 13.2. The van der Waals surface area contributed by atoms with Crippen LogP contribution in [0.2, 0.25) is 0 Å². The molecular formula is C19H17FN4O3. The summed E-state index contributed by atoms with van der Waals surface area (Å²) in [6.45, 7) is 1.18. The molecule has 0 bridgehead atoms. The molecule has 0 radical (unpaired) electrons. The third-order valence-electron chi connectivity index (χ3n) is 4.28. The fourth-order valence-electron chi connectivity index (χ4n) is 2.96. The molecule has 0 unspecified atom stereocenters. The van der Waals surface area contributed by atoms with Crippen LogP contribution in [0.4, 0.5) is 10.1 Å². The molecule has 1 aliphatic heterocycles. The van der Waals surface area contributed by atoms with E-state index in [1.807, 2.05) is 6.07 Å². The predicted octanol–water partition coefficient (Wildman–Crippen LogP) is 2.67. The summed E-state index contributed by atoms with van der Waals surface area (Å²) in [5.74, 6) is -0.0742. The summed E-state index contributed by atoms with van der Waals surface area (Å²) in [5.41, 5.74) is 1.68. The Morgan fingerprint density at radius 2 is 2.07 bits per heavy atom. The second kappa shape index (κ2) is 7.06. The second-order valence-corrected chi connectivity index (χ2v) is 5.98. The van der Waals surface area contributed by atoms with Gasteiger partial charge in [-0.05, 0) is 24.3 Å². The van der Waals surface area contributed by atoms with Crippen molar-refractivity contribution in [1.29, 1.82) is 0 Å². The van der Waals surface area contributed by atoms with Crippen LogP contribution in [0.25, 0.3) is 0 Å². The van der Waals surface area contributed by atoms with Gasteiger partial charge in [0.1, 0.15) is 18.0 Å². The minimum absolute atomic E-state index is 0.101. The number of benzene rings is 1. The molecule has 27 heavy (non-hydrogen) atoms. The van der Waals surface area contributed by atoms with Crippen LogP contribution < -0.4 is 14.4 Å². The van der Waals surface area contributed by atoms with Crippen molar-refractivity contribution >= 4 is 11.6 Å². The summed E-state index contributed by atoms with van der Waals surface area (Å²) in [4.78, 5) is 18.5. The van der Waals surface area contributed by atoms with Crippen LogP contribution in [-0.4, -0.2) is 34.3 Å². The van der Waals surface area contributed by atoms with Gasteiger partial charge in [-0.3, -0.25) is 9.48 Å². The largest absolute Gasteiger partial charge is 0.494 e. The lowest BCUT2D eigenvalue weighted by Crippen LogP contribution is -2.40. The lowest BCUT2D eigenvalue weighted by Gasteiger charge is -2.27. The zero-order chi connectivity index (χ0) is 18.8. The van der Waals surface area contributed by atoms with Crippen LogP contribution in [0, 0.1) is 5.82 Å². The SMILES string of the molecule is COc1cc(N2CCn3nc(COc4ccccn4)cc3C2=O)ccc1F. The van der Waals surface area contributed by atoms with E-state index >= 15 is 0 Å². The summed E-state index contributed by atoms with van der Waals surface area (Å²) in [5, 5.41) is 4.42. The highest BCUT2D eigenvalue weighted by atomic mass is 19.1. The van der Waals surface area contributed by atoms with Gasteiger partial charge >= 0.3 is 0 Å². The van der Waals surface area contributed by atoms with Gasteiger partial charge in [-0.1, -0.05) is 6.07 Å². The van der Waals surface area contributed by atoms with Crippen molar-refractivity contribution in [2.24, 2.45) is 0 Å². The molecule has 1 aliphatic rings. The van der Waals surface area contributed by atoms with Crippen LogP contribution in [0.5, 0.6) is 11.6 Å². The lowest BCUT2D eigenvalue weighted by molar-refractivity contribution is 0.0962. The smallest absolute Gasteiger partial charge is 0.276 e. The number of hydrogen-bond donors (Lipinski definition) is 0. The fourth-order valence-corrected chi connectivity index (χ4v) is 2.96. The van der Waals surface area contributed by atoms with Gasteiger partial charge in [0, 0.05) is 30.6 Å². The third kappa shape index (κ3) is 3.33. The number of rotatable bonds is 5. The first-order valence-corrected chi connectivity index (χ1v) is 8.41. The Morgan fingerprint density at radius 1 is 1.19 bits per heavy atom. The zero-order valence-electron chi connectivity index (χ0n) is 14.6. The topological polar surface area (TPSA) is 69.5 Å². The van der Waals surface area contributed by atoms with E-state index in [1.165, 1.54) is 19.2 Å². The molecule has 8 heteroatoms. The number of nitrogens with zero attached hydrogens (tertiary/aromatic N) is 4. The molecule has 0 fully saturated rings. The van der Waals surface area contributed by atoms with Crippen molar-refractivity contribution in [1.82, 2.24) is 14.8 Å². The van der Waals surface area contributed by atoms with Crippen LogP contribution >= 0.6 is 0 Å². The number of pyridine rings is 1. The summed E-state index contributed by atoms with van der Waals surface area (Å²) in [6.07, 6.45) is 1.64. The maximum Gasteiger partial charge on any atom is 0.276 e. The van der Waals surface area contributed by atoms with E-state index in [9.17, 15) is 9.18 Å². The summed E-state index contributed by atoms with van der Waals surface area (Å²) < 4.78 is 25.9. The van der Waals surface area contributed by atoms with Gasteiger partial charge in [-0.15, -0.1) is 0 Å². The van der Waals surface area contributed by atoms with Crippen molar-refractivity contribution in [2.45, 2.75) is 13.2 Å². The average molecular weight is 368 g/mol. The molecule has 4 rings (SSSR count). The summed E-state index contributed by atoms with van der Waals surface area (Å²) in [6, 6.07) is 11.5. The van der Waals surface area contributed by atoms with Gasteiger partial charge in [0.2, 0.25) is 5.88 Å². The lowest BCUT2D eigenvalue weighted by atomic mass is 10.2. The van der Waals surface area contributed by atoms with Gasteiger partial charge < -0.3 is 14.4 Å². The number of carbonyl (C=O) groups excluding carboxylic acids is 1. The molecule has 7 nitrogen and oxygen atoms in total. The number of carbonyl (C=O) groups is 1. The van der Waals surface area contributed by atoms with E-state index < -0.39 is 5.82 Å². The van der Waals surface area contributed by atoms with Crippen molar-refractivity contribution in [2.75, 3.05) is 18.6 Å². The van der Waals surface area contributed by atoms with Crippen LogP contribution in [-0.2, 0) is 13.2 Å². The molecular weight excluding hydrogens is 351 g/mol. The minimum Gasteiger partial charge on any atom is -0.494 e. The molecule has 2 aromatic heterocycles. The molecule has 138 valence electrons. The molecule has 3 aromatic rings. The van der Waals surface area contributed by atoms with Gasteiger partial charge in [0.25, 0.3) is 5.91 Å². The molecule has 0 atom stereocenters. The quantitative estimate of drug-likeness (QED) is 0.693. The Kier molecular flexibility index (Phi) is 4.45. The molecule has 1 amide bonds. The molecule has 0 saturated carbocycles. The van der Waals surface area contributed by atoms with Crippen LogP contribution in [0.1, 0.15) is 16.2 Å². The third-order valence-corrected chi connectivity index (χ3v) is 4.28. The minimum atomic E-state index is -0.468. The van der Waals surface area contributed by atoms with Crippen molar-refractivity contribution in [3.05, 3.63) is 65.9 Å². The molecule has 0 spiro atoms. The first kappa shape index (κ1) is 17.0. The van der Waals surface area contributed by atoms with Gasteiger partial charge in [-0.2, -0.15) is 5.10 Å². The number of ether oxygens (including phenoxy) is 2. The highest BCUT2D eigenvalue weighted by molar-refractivity contribution is 6.05. The monoisotopic (exact) mass is 368 g/mol. The second-order valence-electron chi connectivity index (χ2n) is 5.98. The van der Waals surface area contributed by atoms with Gasteiger partial charge in [0.15, 0.2) is 11.6 Å². The molecule has 0 saturated heterocycles. The first-order valence-electron chi connectivity index (χ1n) is 8.41. The number of fused-ring (bicyclic) bond motifs is 1. The van der Waals surface area contributed by atoms with Crippen molar-refractivity contribution in [3.8, 4) is 11.6 Å². The number of amides is 1. The normalized spacial score (nSPS) is 13.4. The maximum atomic E-state index is 13.6. The molecule has 1 aromatic carbocycles. The predicted molar refractivity (Wildman–Crippen MR) is 95.4 cm³/mol. The van der Waals surface area contributed by atoms with Gasteiger partial charge in [-0.25, -0.2) is 9.37 Å². The van der Waals surface area contributed by atoms with Crippen LogP contribution in [0.15, 0.2) is 48.7 Å². The number of methoxy groups -OCH3 is 1. The van der Waals surface area contributed by atoms with Gasteiger partial charge in [0.05, 0.1) is 13.7 Å². The zero-order valence-corrected chi connectivity index (χ0v) is 14.6. The molecule has 0 aliphatic carbocycles. The van der Waals surface area contributed by atoms with Crippen LogP contribution in [0.3, 0.4) is 0 Å². The number of hydrogen-bond acceptors (Lipinski definition) is 5. The number of halogens is 1. The fraction of sp³-hybridized carbons (Fsp3) is 0.211. The van der Waals surface area contributed by atoms with E-state index in [0.29, 0.717) is 36.0 Å². The van der Waals surface area contributed by atoms with E-state index in [2.05, 4.69) is 10.1 Å². The Hall–Kier alpha value is -3.42. The average Bonchev–Trinajstić information content (AvgIpc) is 3.12.